The first-order valence-electron chi connectivity index (χ1n) is 6.67. The molecule has 110 valence electrons. The maximum atomic E-state index is 12.1. The van der Waals surface area contributed by atoms with Crippen molar-refractivity contribution >= 4 is 28.8 Å². The lowest BCUT2D eigenvalue weighted by Crippen LogP contribution is -2.22. The largest absolute Gasteiger partial charge is 0.348 e. The van der Waals surface area contributed by atoms with Gasteiger partial charge in [0.15, 0.2) is 0 Å². The Morgan fingerprint density at radius 1 is 1.14 bits per heavy atom. The molecule has 0 fully saturated rings. The van der Waals surface area contributed by atoms with E-state index in [1.54, 1.807) is 11.3 Å². The average Bonchev–Trinajstić information content (AvgIpc) is 2.76. The molecular formula is C16H18N2O2S. The lowest BCUT2D eigenvalue weighted by Gasteiger charge is -2.07. The van der Waals surface area contributed by atoms with E-state index in [0.717, 1.165) is 26.6 Å². The van der Waals surface area contributed by atoms with E-state index in [9.17, 15) is 9.59 Å². The maximum absolute atomic E-state index is 12.1. The van der Waals surface area contributed by atoms with Crippen molar-refractivity contribution in [3.05, 3.63) is 51.2 Å². The van der Waals surface area contributed by atoms with Gasteiger partial charge in [-0.2, -0.15) is 0 Å². The molecule has 0 aliphatic carbocycles. The van der Waals surface area contributed by atoms with Gasteiger partial charge >= 0.3 is 0 Å². The van der Waals surface area contributed by atoms with Gasteiger partial charge in [-0.3, -0.25) is 9.59 Å². The monoisotopic (exact) mass is 302 g/mol. The number of rotatable bonds is 4. The van der Waals surface area contributed by atoms with Crippen molar-refractivity contribution in [1.82, 2.24) is 5.32 Å². The van der Waals surface area contributed by atoms with Crippen molar-refractivity contribution in [3.8, 4) is 0 Å². The number of benzene rings is 1. The lowest BCUT2D eigenvalue weighted by molar-refractivity contribution is -0.114. The molecule has 0 radical (unpaired) electrons. The molecule has 1 aromatic carbocycles. The second kappa shape index (κ2) is 6.54. The highest BCUT2D eigenvalue weighted by Crippen LogP contribution is 2.20. The quantitative estimate of drug-likeness (QED) is 0.911. The molecule has 0 aliphatic heterocycles. The van der Waals surface area contributed by atoms with Crippen LogP contribution in [0.5, 0.6) is 0 Å². The van der Waals surface area contributed by atoms with Crippen molar-refractivity contribution in [1.29, 1.82) is 0 Å². The van der Waals surface area contributed by atoms with E-state index in [4.69, 9.17) is 0 Å². The summed E-state index contributed by atoms with van der Waals surface area (Å²) in [6, 6.07) is 9.33. The smallest absolute Gasteiger partial charge is 0.252 e. The number of amides is 2. The van der Waals surface area contributed by atoms with Crippen LogP contribution in [0.1, 0.15) is 32.6 Å². The topological polar surface area (TPSA) is 58.2 Å². The number of nitrogens with one attached hydrogen (secondary N) is 2. The zero-order valence-corrected chi connectivity index (χ0v) is 13.1. The van der Waals surface area contributed by atoms with Gasteiger partial charge in [-0.15, -0.1) is 11.3 Å². The van der Waals surface area contributed by atoms with E-state index in [1.165, 1.54) is 6.92 Å². The molecule has 0 aliphatic rings. The van der Waals surface area contributed by atoms with Crippen LogP contribution in [0.2, 0.25) is 0 Å². The van der Waals surface area contributed by atoms with E-state index >= 15 is 0 Å². The number of carbonyl (C=O) groups is 2. The van der Waals surface area contributed by atoms with Gasteiger partial charge in [-0.05, 0) is 37.6 Å². The van der Waals surface area contributed by atoms with Crippen LogP contribution in [0.3, 0.4) is 0 Å². The highest BCUT2D eigenvalue weighted by Gasteiger charge is 2.11. The summed E-state index contributed by atoms with van der Waals surface area (Å²) in [7, 11) is 0. The Morgan fingerprint density at radius 3 is 2.33 bits per heavy atom. The Kier molecular flexibility index (Phi) is 4.75. The van der Waals surface area contributed by atoms with Crippen LogP contribution in [0.25, 0.3) is 0 Å². The average molecular weight is 302 g/mol. The Balaban J connectivity index is 1.95. The third kappa shape index (κ3) is 4.16. The van der Waals surface area contributed by atoms with Gasteiger partial charge in [-0.25, -0.2) is 0 Å². The summed E-state index contributed by atoms with van der Waals surface area (Å²) in [5.41, 5.74) is 2.48. The molecule has 2 amide bonds. The van der Waals surface area contributed by atoms with E-state index < -0.39 is 0 Å². The second-order valence-corrected chi connectivity index (χ2v) is 6.35. The summed E-state index contributed by atoms with van der Waals surface area (Å²) in [5.74, 6) is -0.151. The van der Waals surface area contributed by atoms with Gasteiger partial charge in [0.2, 0.25) is 5.91 Å². The number of thiophene rings is 1. The summed E-state index contributed by atoms with van der Waals surface area (Å²) < 4.78 is 0. The number of carbonyl (C=O) groups excluding carboxylic acids is 2. The molecule has 0 spiro atoms. The fraction of sp³-hybridized carbons (Fsp3) is 0.250. The zero-order valence-electron chi connectivity index (χ0n) is 12.3. The van der Waals surface area contributed by atoms with Crippen LogP contribution >= 0.6 is 11.3 Å². The summed E-state index contributed by atoms with van der Waals surface area (Å²) in [4.78, 5) is 25.2. The van der Waals surface area contributed by atoms with Crippen molar-refractivity contribution in [2.75, 3.05) is 5.32 Å². The third-order valence-corrected chi connectivity index (χ3v) is 3.98. The van der Waals surface area contributed by atoms with Crippen molar-refractivity contribution < 1.29 is 9.59 Å². The van der Waals surface area contributed by atoms with E-state index in [-0.39, 0.29) is 11.8 Å². The minimum absolute atomic E-state index is 0.0530. The van der Waals surface area contributed by atoms with Gasteiger partial charge in [0, 0.05) is 28.9 Å². The Bertz CT molecular complexity index is 659. The highest BCUT2D eigenvalue weighted by molar-refractivity contribution is 7.12. The molecule has 0 bridgehead atoms. The molecule has 2 aromatic rings. The predicted molar refractivity (Wildman–Crippen MR) is 85.7 cm³/mol. The van der Waals surface area contributed by atoms with Gasteiger partial charge in [0.05, 0.1) is 5.56 Å². The van der Waals surface area contributed by atoms with Crippen molar-refractivity contribution in [2.45, 2.75) is 27.3 Å². The highest BCUT2D eigenvalue weighted by atomic mass is 32.1. The Morgan fingerprint density at radius 2 is 1.81 bits per heavy atom. The van der Waals surface area contributed by atoms with Crippen LogP contribution in [0.15, 0.2) is 30.3 Å². The Hall–Kier alpha value is -2.14. The minimum Gasteiger partial charge on any atom is -0.348 e. The molecule has 1 heterocycles. The van der Waals surface area contributed by atoms with Gasteiger partial charge in [0.25, 0.3) is 5.91 Å². The summed E-state index contributed by atoms with van der Waals surface area (Å²) >= 11 is 1.63. The molecular weight excluding hydrogens is 284 g/mol. The van der Waals surface area contributed by atoms with Crippen LogP contribution in [-0.4, -0.2) is 11.8 Å². The van der Waals surface area contributed by atoms with E-state index in [0.29, 0.717) is 6.54 Å². The fourth-order valence-electron chi connectivity index (χ4n) is 2.04. The summed E-state index contributed by atoms with van der Waals surface area (Å²) in [6.07, 6.45) is 0. The summed E-state index contributed by atoms with van der Waals surface area (Å²) in [5, 5.41) is 5.62. The normalized spacial score (nSPS) is 10.2. The van der Waals surface area contributed by atoms with Crippen LogP contribution in [-0.2, 0) is 11.3 Å². The van der Waals surface area contributed by atoms with Crippen LogP contribution in [0.4, 0.5) is 5.69 Å². The molecule has 2 rings (SSSR count). The van der Waals surface area contributed by atoms with E-state index in [2.05, 4.69) is 10.6 Å². The standard InChI is InChI=1S/C16H18N2O2S/c1-10-8-15(11(2)21-10)16(20)17-9-13-4-6-14(7-5-13)18-12(3)19/h4-8H,9H2,1-3H3,(H,17,20)(H,18,19). The summed E-state index contributed by atoms with van der Waals surface area (Å²) in [6.45, 7) is 5.89. The van der Waals surface area contributed by atoms with Gasteiger partial charge in [-0.1, -0.05) is 12.1 Å². The third-order valence-electron chi connectivity index (χ3n) is 3.01. The lowest BCUT2D eigenvalue weighted by atomic mass is 10.2. The fourth-order valence-corrected chi connectivity index (χ4v) is 2.96. The minimum atomic E-state index is -0.0978. The van der Waals surface area contributed by atoms with Gasteiger partial charge < -0.3 is 10.6 Å². The molecule has 0 saturated carbocycles. The predicted octanol–water partition coefficient (Wildman–Crippen LogP) is 3.25. The zero-order chi connectivity index (χ0) is 15.4. The van der Waals surface area contributed by atoms with E-state index in [1.807, 2.05) is 44.2 Å². The molecule has 21 heavy (non-hydrogen) atoms. The van der Waals surface area contributed by atoms with Crippen LogP contribution < -0.4 is 10.6 Å². The number of aryl methyl sites for hydroxylation is 2. The number of hydrogen-bond acceptors (Lipinski definition) is 3. The molecule has 4 nitrogen and oxygen atoms in total. The molecule has 0 unspecified atom stereocenters. The van der Waals surface area contributed by atoms with Crippen molar-refractivity contribution in [3.63, 3.8) is 0 Å². The SMILES string of the molecule is CC(=O)Nc1ccc(CNC(=O)c2cc(C)sc2C)cc1. The van der Waals surface area contributed by atoms with Crippen LogP contribution in [0, 0.1) is 13.8 Å². The molecule has 0 atom stereocenters. The van der Waals surface area contributed by atoms with Gasteiger partial charge in [0.1, 0.15) is 0 Å². The number of hydrogen-bond donors (Lipinski definition) is 2. The molecule has 1 aromatic heterocycles. The maximum Gasteiger partial charge on any atom is 0.252 e. The second-order valence-electron chi connectivity index (χ2n) is 4.89. The Labute approximate surface area is 128 Å². The first-order valence-corrected chi connectivity index (χ1v) is 7.49. The van der Waals surface area contributed by atoms with Crippen molar-refractivity contribution in [2.24, 2.45) is 0 Å². The number of anilines is 1. The first kappa shape index (κ1) is 15.3. The molecule has 2 N–H and O–H groups in total. The molecule has 0 saturated heterocycles. The first-order chi connectivity index (χ1) is 9.95. The molecule has 5 heteroatoms.